The van der Waals surface area contributed by atoms with E-state index in [-0.39, 0.29) is 11.6 Å². The number of nitro groups is 1. The number of nitrogens with zero attached hydrogens (tertiary/aromatic N) is 1. The average molecular weight is 450 g/mol. The number of carboxylic acids is 3. The summed E-state index contributed by atoms with van der Waals surface area (Å²) < 4.78 is 4.82. The first-order valence-corrected chi connectivity index (χ1v) is 9.05. The largest absolute Gasteiger partial charge is 0.481 e. The van der Waals surface area contributed by atoms with Crippen molar-refractivity contribution in [2.45, 2.75) is 26.2 Å². The van der Waals surface area contributed by atoms with Crippen LogP contribution in [-0.2, 0) is 23.9 Å². The molecule has 1 aliphatic heterocycles. The molecule has 32 heavy (non-hydrogen) atoms. The number of non-ortho nitro benzene ring substituents is 1. The number of dihydropyridines is 1. The highest BCUT2D eigenvalue weighted by atomic mass is 16.6. The maximum atomic E-state index is 12.0. The van der Waals surface area contributed by atoms with Gasteiger partial charge < -0.3 is 25.4 Å². The number of benzene rings is 1. The Morgan fingerprint density at radius 3 is 2.19 bits per heavy atom. The summed E-state index contributed by atoms with van der Waals surface area (Å²) in [6, 6.07) is 6.29. The number of rotatable bonds is 7. The highest BCUT2D eigenvalue weighted by Gasteiger charge is 2.29. The quantitative estimate of drug-likeness (QED) is 0.205. The van der Waals surface area contributed by atoms with Crippen LogP contribution < -0.4 is 5.32 Å². The highest BCUT2D eigenvalue weighted by molar-refractivity contribution is 5.96. The summed E-state index contributed by atoms with van der Waals surface area (Å²) in [6.07, 6.45) is 0.961. The zero-order chi connectivity index (χ0) is 24.6. The van der Waals surface area contributed by atoms with Gasteiger partial charge in [-0.05, 0) is 19.4 Å². The number of nitrogens with one attached hydrogen (secondary N) is 1. The van der Waals surface area contributed by atoms with Crippen molar-refractivity contribution in [3.63, 3.8) is 0 Å². The lowest BCUT2D eigenvalue weighted by molar-refractivity contribution is -0.384. The zero-order valence-corrected chi connectivity index (χ0v) is 17.4. The first-order valence-electron chi connectivity index (χ1n) is 9.05. The zero-order valence-electron chi connectivity index (χ0n) is 17.4. The molecule has 2 rings (SSSR count). The van der Waals surface area contributed by atoms with Crippen LogP contribution in [-0.4, -0.2) is 51.2 Å². The number of nitro benzene ring substituents is 1. The molecular weight excluding hydrogens is 428 g/mol. The monoisotopic (exact) mass is 450 g/mol. The Hall–Kier alpha value is -4.22. The van der Waals surface area contributed by atoms with Crippen molar-refractivity contribution in [1.29, 1.82) is 0 Å². The van der Waals surface area contributed by atoms with E-state index in [0.717, 1.165) is 5.70 Å². The molecule has 172 valence electrons. The Balaban J connectivity index is 0.000000396. The Kier molecular flexibility index (Phi) is 9.07. The van der Waals surface area contributed by atoms with Gasteiger partial charge in [-0.1, -0.05) is 18.2 Å². The first-order chi connectivity index (χ1) is 14.9. The van der Waals surface area contributed by atoms with Gasteiger partial charge >= 0.3 is 23.9 Å². The van der Waals surface area contributed by atoms with Gasteiger partial charge in [-0.2, -0.15) is 0 Å². The topological polar surface area (TPSA) is 193 Å². The van der Waals surface area contributed by atoms with Crippen LogP contribution in [0.3, 0.4) is 0 Å². The molecule has 1 heterocycles. The number of carbonyl (C=O) groups excluding carboxylic acids is 1. The van der Waals surface area contributed by atoms with E-state index in [0.29, 0.717) is 16.8 Å². The van der Waals surface area contributed by atoms with Crippen molar-refractivity contribution in [3.05, 3.63) is 63.0 Å². The molecule has 4 N–H and O–H groups in total. The molecule has 0 unspecified atom stereocenters. The normalized spacial score (nSPS) is 15.0. The van der Waals surface area contributed by atoms with E-state index in [9.17, 15) is 29.3 Å². The van der Waals surface area contributed by atoms with Gasteiger partial charge in [0, 0.05) is 29.4 Å². The van der Waals surface area contributed by atoms with E-state index in [1.807, 2.05) is 13.0 Å². The maximum Gasteiger partial charge on any atom is 0.336 e. The van der Waals surface area contributed by atoms with Crippen LogP contribution in [0, 0.1) is 16.0 Å². The Morgan fingerprint density at radius 2 is 1.75 bits per heavy atom. The molecule has 0 bridgehead atoms. The molecule has 1 aromatic rings. The number of methoxy groups -OCH3 is 1. The number of carboxylic acid groups (broad SMARTS) is 3. The molecule has 0 saturated heterocycles. The molecule has 12 nitrogen and oxygen atoms in total. The summed E-state index contributed by atoms with van der Waals surface area (Å²) in [5.74, 6) is -7.38. The van der Waals surface area contributed by atoms with Gasteiger partial charge in [0.2, 0.25) is 0 Å². The molecular formula is C20H22N2O10. The molecule has 1 aliphatic rings. The lowest BCUT2D eigenvalue weighted by atomic mass is 9.86. The molecule has 0 fully saturated rings. The van der Waals surface area contributed by atoms with E-state index in [1.54, 1.807) is 19.1 Å². The third-order valence-corrected chi connectivity index (χ3v) is 4.34. The lowest BCUT2D eigenvalue weighted by Crippen LogP contribution is -2.25. The fourth-order valence-electron chi connectivity index (χ4n) is 2.91. The number of esters is 1. The summed E-state index contributed by atoms with van der Waals surface area (Å²) in [4.78, 5) is 52.4. The fraction of sp³-hybridized carbons (Fsp3) is 0.300. The van der Waals surface area contributed by atoms with E-state index in [2.05, 4.69) is 5.32 Å². The first kappa shape index (κ1) is 25.8. The van der Waals surface area contributed by atoms with Crippen LogP contribution in [0.15, 0.2) is 47.3 Å². The fourth-order valence-corrected chi connectivity index (χ4v) is 2.91. The van der Waals surface area contributed by atoms with Crippen LogP contribution in [0.5, 0.6) is 0 Å². The lowest BCUT2D eigenvalue weighted by Gasteiger charge is -2.25. The van der Waals surface area contributed by atoms with Gasteiger partial charge in [-0.3, -0.25) is 24.5 Å². The van der Waals surface area contributed by atoms with Crippen molar-refractivity contribution >= 4 is 29.6 Å². The number of ether oxygens (including phenoxy) is 1. The number of hydrogen-bond acceptors (Lipinski definition) is 8. The predicted molar refractivity (Wildman–Crippen MR) is 108 cm³/mol. The Bertz CT molecular complexity index is 982. The van der Waals surface area contributed by atoms with E-state index in [4.69, 9.17) is 20.1 Å². The van der Waals surface area contributed by atoms with E-state index in [1.165, 1.54) is 19.2 Å². The Labute approximate surface area is 182 Å². The van der Waals surface area contributed by atoms with Gasteiger partial charge in [0.1, 0.15) is 0 Å². The molecule has 0 radical (unpaired) electrons. The van der Waals surface area contributed by atoms with Crippen molar-refractivity contribution < 1.29 is 44.2 Å². The molecule has 0 aliphatic carbocycles. The van der Waals surface area contributed by atoms with Gasteiger partial charge in [-0.25, -0.2) is 4.79 Å². The van der Waals surface area contributed by atoms with Gasteiger partial charge in [0.15, 0.2) is 5.92 Å². The third kappa shape index (κ3) is 6.93. The second-order valence-electron chi connectivity index (χ2n) is 6.66. The number of hydrogen-bond donors (Lipinski definition) is 4. The molecule has 0 saturated carbocycles. The second kappa shape index (κ2) is 11.2. The minimum atomic E-state index is -1.85. The molecule has 1 aromatic carbocycles. The van der Waals surface area contributed by atoms with Gasteiger partial charge in [-0.15, -0.1) is 0 Å². The standard InChI is InChI=1S/C15H16N2O4.C5H6O6/c1-9-7-13(14(10(2)16-9)15(18)21-3)11-5-4-6-12(8-11)17(19)20;6-3(7)1-2(4(8)9)5(10)11/h4-8,13,16H,1-3H3;2H,1H2,(H,6,7)(H,8,9)(H,10,11)/t13-;/m0./s1. The summed E-state index contributed by atoms with van der Waals surface area (Å²) in [7, 11) is 1.32. The smallest absolute Gasteiger partial charge is 0.336 e. The molecule has 0 amide bonds. The van der Waals surface area contributed by atoms with Crippen LogP contribution in [0.4, 0.5) is 5.69 Å². The molecule has 12 heteroatoms. The van der Waals surface area contributed by atoms with Crippen molar-refractivity contribution in [2.24, 2.45) is 5.92 Å². The molecule has 1 atom stereocenters. The van der Waals surface area contributed by atoms with Gasteiger partial charge in [0.25, 0.3) is 5.69 Å². The molecule has 0 aromatic heterocycles. The van der Waals surface area contributed by atoms with Crippen LogP contribution in [0.1, 0.15) is 31.7 Å². The summed E-state index contributed by atoms with van der Waals surface area (Å²) in [6.45, 7) is 3.66. The van der Waals surface area contributed by atoms with E-state index >= 15 is 0 Å². The summed E-state index contributed by atoms with van der Waals surface area (Å²) in [5.41, 5.74) is 2.72. The minimum absolute atomic E-state index is 0.000968. The Morgan fingerprint density at radius 1 is 1.16 bits per heavy atom. The number of allylic oxidation sites excluding steroid dienone is 3. The number of carbonyl (C=O) groups is 4. The third-order valence-electron chi connectivity index (χ3n) is 4.34. The maximum absolute atomic E-state index is 12.0. The van der Waals surface area contributed by atoms with Crippen LogP contribution in [0.25, 0.3) is 0 Å². The number of aliphatic carboxylic acids is 3. The summed E-state index contributed by atoms with van der Waals surface area (Å²) in [5, 5.41) is 38.3. The molecule has 0 spiro atoms. The predicted octanol–water partition coefficient (Wildman–Crippen LogP) is 1.88. The highest BCUT2D eigenvalue weighted by Crippen LogP contribution is 2.34. The average Bonchev–Trinajstić information content (AvgIpc) is 2.71. The van der Waals surface area contributed by atoms with Crippen LogP contribution in [0.2, 0.25) is 0 Å². The van der Waals surface area contributed by atoms with E-state index < -0.39 is 41.1 Å². The second-order valence-corrected chi connectivity index (χ2v) is 6.66. The van der Waals surface area contributed by atoms with Gasteiger partial charge in [0.05, 0.1) is 24.0 Å². The summed E-state index contributed by atoms with van der Waals surface area (Å²) >= 11 is 0. The van der Waals surface area contributed by atoms with Crippen molar-refractivity contribution in [1.82, 2.24) is 5.32 Å². The van der Waals surface area contributed by atoms with Crippen molar-refractivity contribution in [2.75, 3.05) is 7.11 Å². The minimum Gasteiger partial charge on any atom is -0.481 e. The van der Waals surface area contributed by atoms with Crippen molar-refractivity contribution in [3.8, 4) is 0 Å². The van der Waals surface area contributed by atoms with Crippen LogP contribution >= 0.6 is 0 Å². The SMILES string of the molecule is COC(=O)C1=C(C)NC(C)=C[C@H]1c1cccc([N+](=O)[O-])c1.O=C(O)CC(C(=O)O)C(=O)O.